The van der Waals surface area contributed by atoms with E-state index in [9.17, 15) is 9.90 Å². The van der Waals surface area contributed by atoms with E-state index in [-0.39, 0.29) is 31.9 Å². The van der Waals surface area contributed by atoms with Crippen molar-refractivity contribution in [1.82, 2.24) is 16.0 Å². The van der Waals surface area contributed by atoms with Gasteiger partial charge < -0.3 is 30.0 Å². The highest BCUT2D eigenvalue weighted by Crippen LogP contribution is 2.44. The maximum Gasteiger partial charge on any atom is 0.407 e. The first-order chi connectivity index (χ1) is 15.2. The topological polar surface area (TPSA) is 101 Å². The minimum absolute atomic E-state index is 0.00564. The molecule has 0 aromatic heterocycles. The molecule has 31 heavy (non-hydrogen) atoms. The molecule has 166 valence electrons. The van der Waals surface area contributed by atoms with E-state index in [1.54, 1.807) is 0 Å². The van der Waals surface area contributed by atoms with Gasteiger partial charge in [-0.25, -0.2) is 4.79 Å². The predicted octanol–water partition coefficient (Wildman–Crippen LogP) is 1.40. The minimum atomic E-state index is -0.939. The molecular formula is C23H29N3O5. The highest BCUT2D eigenvalue weighted by atomic mass is 16.6. The second-order valence-corrected chi connectivity index (χ2v) is 7.64. The largest absolute Gasteiger partial charge is 0.449 e. The molecule has 1 heterocycles. The number of hydrogen-bond acceptors (Lipinski definition) is 7. The van der Waals surface area contributed by atoms with E-state index in [2.05, 4.69) is 40.2 Å². The number of rotatable bonds is 9. The van der Waals surface area contributed by atoms with Gasteiger partial charge in [-0.1, -0.05) is 48.5 Å². The fourth-order valence-electron chi connectivity index (χ4n) is 3.97. The molecule has 1 saturated heterocycles. The number of nitrogens with one attached hydrogen (secondary N) is 3. The molecule has 4 rings (SSSR count). The lowest BCUT2D eigenvalue weighted by molar-refractivity contribution is -0.0428. The van der Waals surface area contributed by atoms with Crippen LogP contribution in [0.25, 0.3) is 11.1 Å². The number of carbonyl (C=O) groups is 1. The zero-order chi connectivity index (χ0) is 21.5. The average Bonchev–Trinajstić information content (AvgIpc) is 3.13. The number of aliphatic hydroxyl groups excluding tert-OH is 1. The molecule has 0 radical (unpaired) electrons. The number of fused-ring (bicyclic) bond motifs is 3. The fraction of sp³-hybridized carbons (Fsp3) is 0.435. The molecule has 8 nitrogen and oxygen atoms in total. The summed E-state index contributed by atoms with van der Waals surface area (Å²) in [6, 6.07) is 16.4. The molecule has 2 aromatic carbocycles. The van der Waals surface area contributed by atoms with Crippen LogP contribution >= 0.6 is 0 Å². The van der Waals surface area contributed by atoms with Crippen LogP contribution in [0.4, 0.5) is 4.79 Å². The van der Waals surface area contributed by atoms with Gasteiger partial charge in [0.25, 0.3) is 0 Å². The third-order valence-corrected chi connectivity index (χ3v) is 5.51. The van der Waals surface area contributed by atoms with E-state index in [1.165, 1.54) is 11.1 Å². The summed E-state index contributed by atoms with van der Waals surface area (Å²) >= 11 is 0. The molecule has 2 aliphatic rings. The van der Waals surface area contributed by atoms with Gasteiger partial charge in [0.05, 0.1) is 32.6 Å². The fourth-order valence-corrected chi connectivity index (χ4v) is 3.97. The van der Waals surface area contributed by atoms with Gasteiger partial charge in [0, 0.05) is 19.0 Å². The van der Waals surface area contributed by atoms with Crippen molar-refractivity contribution in [3.05, 3.63) is 59.7 Å². The van der Waals surface area contributed by atoms with Crippen LogP contribution in [-0.4, -0.2) is 69.7 Å². The highest BCUT2D eigenvalue weighted by Gasteiger charge is 2.29. The summed E-state index contributed by atoms with van der Waals surface area (Å²) in [5, 5.41) is 18.6. The number of benzene rings is 2. The highest BCUT2D eigenvalue weighted by molar-refractivity contribution is 5.79. The maximum absolute atomic E-state index is 12.1. The lowest BCUT2D eigenvalue weighted by Crippen LogP contribution is -2.44. The minimum Gasteiger partial charge on any atom is -0.449 e. The van der Waals surface area contributed by atoms with Crippen LogP contribution in [0.3, 0.4) is 0 Å². The lowest BCUT2D eigenvalue weighted by atomic mass is 9.98. The van der Waals surface area contributed by atoms with Gasteiger partial charge in [-0.15, -0.1) is 0 Å². The van der Waals surface area contributed by atoms with Crippen molar-refractivity contribution < 1.29 is 24.1 Å². The summed E-state index contributed by atoms with van der Waals surface area (Å²) in [4.78, 5) is 12.1. The number of hydrogen-bond donors (Lipinski definition) is 4. The summed E-state index contributed by atoms with van der Waals surface area (Å²) < 4.78 is 16.4. The van der Waals surface area contributed by atoms with Gasteiger partial charge >= 0.3 is 6.09 Å². The van der Waals surface area contributed by atoms with E-state index in [0.29, 0.717) is 13.2 Å². The predicted molar refractivity (Wildman–Crippen MR) is 116 cm³/mol. The Bertz CT molecular complexity index is 826. The lowest BCUT2D eigenvalue weighted by Gasteiger charge is -2.23. The zero-order valence-electron chi connectivity index (χ0n) is 17.4. The maximum atomic E-state index is 12.1. The van der Waals surface area contributed by atoms with Crippen LogP contribution in [0.1, 0.15) is 17.0 Å². The second kappa shape index (κ2) is 10.7. The quantitative estimate of drug-likeness (QED) is 0.354. The molecule has 1 amide bonds. The SMILES string of the molecule is O=C(NC[C@H](O)NCOC[C@@H]1CNCCO1)OCC1c2ccccc2-c2ccccc21. The van der Waals surface area contributed by atoms with Crippen molar-refractivity contribution in [2.75, 3.05) is 46.2 Å². The van der Waals surface area contributed by atoms with Gasteiger partial charge in [0.1, 0.15) is 12.8 Å². The van der Waals surface area contributed by atoms with Crippen molar-refractivity contribution in [3.63, 3.8) is 0 Å². The Labute approximate surface area is 181 Å². The standard InChI is InChI=1S/C23H29N3O5/c27-22(26-15-29-13-16-11-24-9-10-30-16)12-25-23(28)31-14-21-19-7-3-1-5-17(19)18-6-2-4-8-20(18)21/h1-8,16,21-22,24,26-27H,9-15H2,(H,25,28)/t16-,22-/m0/s1. The van der Waals surface area contributed by atoms with Crippen molar-refractivity contribution >= 4 is 6.09 Å². The molecule has 8 heteroatoms. The summed E-state index contributed by atoms with van der Waals surface area (Å²) in [5.74, 6) is 0.00564. The third kappa shape index (κ3) is 5.61. The number of amides is 1. The van der Waals surface area contributed by atoms with Crippen LogP contribution in [0.2, 0.25) is 0 Å². The molecule has 2 aromatic rings. The number of carbonyl (C=O) groups excluding carboxylic acids is 1. The van der Waals surface area contributed by atoms with Crippen molar-refractivity contribution in [3.8, 4) is 11.1 Å². The normalized spacial score (nSPS) is 18.8. The molecule has 1 aliphatic heterocycles. The van der Waals surface area contributed by atoms with Gasteiger partial charge in [0.15, 0.2) is 0 Å². The Morgan fingerprint density at radius 2 is 1.84 bits per heavy atom. The van der Waals surface area contributed by atoms with Gasteiger partial charge in [-0.05, 0) is 22.3 Å². The third-order valence-electron chi connectivity index (χ3n) is 5.51. The monoisotopic (exact) mass is 427 g/mol. The molecule has 1 aliphatic carbocycles. The Balaban J connectivity index is 1.17. The summed E-state index contributed by atoms with van der Waals surface area (Å²) in [5.41, 5.74) is 4.68. The van der Waals surface area contributed by atoms with Gasteiger partial charge in [0.2, 0.25) is 0 Å². The summed E-state index contributed by atoms with van der Waals surface area (Å²) in [6.07, 6.45) is -1.48. The summed E-state index contributed by atoms with van der Waals surface area (Å²) in [6.45, 7) is 3.14. The second-order valence-electron chi connectivity index (χ2n) is 7.64. The van der Waals surface area contributed by atoms with E-state index in [1.807, 2.05) is 24.3 Å². The molecule has 0 spiro atoms. The number of morpholine rings is 1. The van der Waals surface area contributed by atoms with Gasteiger partial charge in [-0.3, -0.25) is 5.32 Å². The zero-order valence-corrected chi connectivity index (χ0v) is 17.4. The van der Waals surface area contributed by atoms with Gasteiger partial charge in [-0.2, -0.15) is 0 Å². The first-order valence-electron chi connectivity index (χ1n) is 10.6. The molecular weight excluding hydrogens is 398 g/mol. The molecule has 0 bridgehead atoms. The Morgan fingerprint density at radius 3 is 2.52 bits per heavy atom. The Morgan fingerprint density at radius 1 is 1.13 bits per heavy atom. The van der Waals surface area contributed by atoms with Crippen LogP contribution in [-0.2, 0) is 14.2 Å². The average molecular weight is 428 g/mol. The smallest absolute Gasteiger partial charge is 0.407 e. The first-order valence-corrected chi connectivity index (χ1v) is 10.6. The van der Waals surface area contributed by atoms with Crippen LogP contribution in [0.5, 0.6) is 0 Å². The molecule has 0 saturated carbocycles. The Hall–Kier alpha value is -2.49. The molecule has 2 atom stereocenters. The Kier molecular flexibility index (Phi) is 7.50. The first kappa shape index (κ1) is 21.7. The molecule has 4 N–H and O–H groups in total. The molecule has 1 fully saturated rings. The van der Waals surface area contributed by atoms with Crippen molar-refractivity contribution in [2.24, 2.45) is 0 Å². The van der Waals surface area contributed by atoms with E-state index < -0.39 is 12.3 Å². The number of ether oxygens (including phenoxy) is 3. The molecule has 0 unspecified atom stereocenters. The van der Waals surface area contributed by atoms with E-state index in [0.717, 1.165) is 24.2 Å². The van der Waals surface area contributed by atoms with E-state index in [4.69, 9.17) is 14.2 Å². The van der Waals surface area contributed by atoms with E-state index >= 15 is 0 Å². The van der Waals surface area contributed by atoms with Crippen LogP contribution in [0.15, 0.2) is 48.5 Å². The number of alkyl carbamates (subject to hydrolysis) is 1. The number of aliphatic hydroxyl groups is 1. The van der Waals surface area contributed by atoms with Crippen molar-refractivity contribution in [1.29, 1.82) is 0 Å². The summed E-state index contributed by atoms with van der Waals surface area (Å²) in [7, 11) is 0. The van der Waals surface area contributed by atoms with Crippen LogP contribution in [0, 0.1) is 0 Å². The van der Waals surface area contributed by atoms with Crippen LogP contribution < -0.4 is 16.0 Å². The van der Waals surface area contributed by atoms with Crippen molar-refractivity contribution in [2.45, 2.75) is 18.2 Å².